The van der Waals surface area contributed by atoms with E-state index in [1.54, 1.807) is 0 Å². The van der Waals surface area contributed by atoms with Gasteiger partial charge >= 0.3 is 5.84 Å². The molecule has 0 aromatic carbocycles. The first-order valence-electron chi connectivity index (χ1n) is 5.29. The summed E-state index contributed by atoms with van der Waals surface area (Å²) in [6, 6.07) is 0. The molecule has 0 amide bonds. The second-order valence-electron chi connectivity index (χ2n) is 3.71. The second-order valence-corrected chi connectivity index (χ2v) is 4.47. The SMILES string of the molecule is C=C(NC1CCCCO1)/C(Cl)=C(/Cl)C(=N)[N+](=O)[O-]. The topological polar surface area (TPSA) is 88.2 Å². The number of nitrogens with zero attached hydrogens (tertiary/aromatic N) is 1. The lowest BCUT2D eigenvalue weighted by molar-refractivity contribution is -0.349. The molecule has 1 aliphatic rings. The van der Waals surface area contributed by atoms with Crippen molar-refractivity contribution in [2.75, 3.05) is 6.61 Å². The van der Waals surface area contributed by atoms with E-state index in [9.17, 15) is 10.1 Å². The van der Waals surface area contributed by atoms with Crippen LogP contribution in [0.25, 0.3) is 0 Å². The van der Waals surface area contributed by atoms with Gasteiger partial charge in [-0.05, 0) is 24.2 Å². The maximum Gasteiger partial charge on any atom is 0.376 e. The number of rotatable bonds is 4. The summed E-state index contributed by atoms with van der Waals surface area (Å²) >= 11 is 11.5. The van der Waals surface area contributed by atoms with Crippen LogP contribution in [0.5, 0.6) is 0 Å². The van der Waals surface area contributed by atoms with Gasteiger partial charge in [-0.15, -0.1) is 0 Å². The van der Waals surface area contributed by atoms with Crippen molar-refractivity contribution < 1.29 is 9.66 Å². The Morgan fingerprint density at radius 2 is 2.11 bits per heavy atom. The Morgan fingerprint density at radius 1 is 1.44 bits per heavy atom. The van der Waals surface area contributed by atoms with Gasteiger partial charge in [0.2, 0.25) is 0 Å². The Morgan fingerprint density at radius 3 is 2.61 bits per heavy atom. The van der Waals surface area contributed by atoms with Gasteiger partial charge in [-0.1, -0.05) is 35.2 Å². The van der Waals surface area contributed by atoms with Gasteiger partial charge in [0, 0.05) is 12.3 Å². The highest BCUT2D eigenvalue weighted by molar-refractivity contribution is 6.48. The normalized spacial score (nSPS) is 20.9. The van der Waals surface area contributed by atoms with Crippen LogP contribution < -0.4 is 5.32 Å². The van der Waals surface area contributed by atoms with Crippen molar-refractivity contribution in [1.29, 1.82) is 5.41 Å². The first kappa shape index (κ1) is 14.9. The van der Waals surface area contributed by atoms with E-state index in [0.717, 1.165) is 19.3 Å². The van der Waals surface area contributed by atoms with Gasteiger partial charge in [-0.3, -0.25) is 0 Å². The third-order valence-electron chi connectivity index (χ3n) is 2.36. The third kappa shape index (κ3) is 3.97. The number of amidine groups is 1. The largest absolute Gasteiger partial charge is 0.376 e. The maximum absolute atomic E-state index is 10.4. The zero-order chi connectivity index (χ0) is 13.7. The molecular weight excluding hydrogens is 281 g/mol. The molecule has 0 saturated carbocycles. The maximum atomic E-state index is 10.4. The molecule has 1 aliphatic heterocycles. The first-order valence-corrected chi connectivity index (χ1v) is 6.05. The Hall–Kier alpha value is -1.11. The number of nitrogens with one attached hydrogen (secondary N) is 2. The predicted octanol–water partition coefficient (Wildman–Crippen LogP) is 2.56. The van der Waals surface area contributed by atoms with Crippen molar-refractivity contribution in [3.05, 3.63) is 32.5 Å². The third-order valence-corrected chi connectivity index (χ3v) is 3.24. The highest BCUT2D eigenvalue weighted by Crippen LogP contribution is 2.22. The van der Waals surface area contributed by atoms with Crippen LogP contribution in [0.4, 0.5) is 0 Å². The molecule has 0 aromatic rings. The molecule has 6 nitrogen and oxygen atoms in total. The average Bonchev–Trinajstić information content (AvgIpc) is 2.37. The molecule has 1 unspecified atom stereocenters. The fraction of sp³-hybridized carbons (Fsp3) is 0.500. The van der Waals surface area contributed by atoms with E-state index in [2.05, 4.69) is 11.9 Å². The van der Waals surface area contributed by atoms with Crippen LogP contribution in [0.3, 0.4) is 0 Å². The second kappa shape index (κ2) is 6.72. The van der Waals surface area contributed by atoms with Crippen LogP contribution in [0.2, 0.25) is 0 Å². The highest BCUT2D eigenvalue weighted by atomic mass is 35.5. The quantitative estimate of drug-likeness (QED) is 0.274. The van der Waals surface area contributed by atoms with Crippen molar-refractivity contribution in [3.63, 3.8) is 0 Å². The molecule has 1 fully saturated rings. The summed E-state index contributed by atoms with van der Waals surface area (Å²) < 4.78 is 5.40. The summed E-state index contributed by atoms with van der Waals surface area (Å²) in [5.41, 5.74) is 0.208. The summed E-state index contributed by atoms with van der Waals surface area (Å²) in [6.45, 7) is 4.27. The molecule has 1 saturated heterocycles. The van der Waals surface area contributed by atoms with E-state index in [-0.39, 0.29) is 17.0 Å². The molecule has 0 radical (unpaired) electrons. The van der Waals surface area contributed by atoms with Gasteiger partial charge in [-0.2, -0.15) is 0 Å². The zero-order valence-corrected chi connectivity index (χ0v) is 11.1. The number of halogens is 2. The molecule has 1 heterocycles. The van der Waals surface area contributed by atoms with Crippen LogP contribution in [-0.2, 0) is 4.74 Å². The summed E-state index contributed by atoms with van der Waals surface area (Å²) in [5.74, 6) is -0.964. The summed E-state index contributed by atoms with van der Waals surface area (Å²) in [5, 5.41) is 19.8. The van der Waals surface area contributed by atoms with Gasteiger partial charge in [0.1, 0.15) is 6.23 Å². The molecule has 0 spiro atoms. The number of hydrogen-bond donors (Lipinski definition) is 2. The number of hydrogen-bond acceptors (Lipinski definition) is 5. The summed E-state index contributed by atoms with van der Waals surface area (Å²) in [7, 11) is 0. The van der Waals surface area contributed by atoms with Crippen LogP contribution in [-0.4, -0.2) is 23.6 Å². The smallest absolute Gasteiger partial charge is 0.359 e. The average molecular weight is 294 g/mol. The minimum atomic E-state index is -0.964. The van der Waals surface area contributed by atoms with E-state index in [0.29, 0.717) is 6.61 Å². The fourth-order valence-electron chi connectivity index (χ4n) is 1.43. The highest BCUT2D eigenvalue weighted by Gasteiger charge is 2.21. The molecule has 2 N–H and O–H groups in total. The van der Waals surface area contributed by atoms with Crippen molar-refractivity contribution in [2.45, 2.75) is 25.5 Å². The molecule has 100 valence electrons. The first-order chi connectivity index (χ1) is 8.43. The Balaban J connectivity index is 2.67. The van der Waals surface area contributed by atoms with Crippen molar-refractivity contribution in [1.82, 2.24) is 5.32 Å². The number of nitro groups is 1. The van der Waals surface area contributed by atoms with Crippen LogP contribution in [0.1, 0.15) is 19.3 Å². The van der Waals surface area contributed by atoms with Gasteiger partial charge in [0.25, 0.3) is 0 Å². The van der Waals surface area contributed by atoms with E-state index >= 15 is 0 Å². The molecule has 0 aliphatic carbocycles. The van der Waals surface area contributed by atoms with Gasteiger partial charge < -0.3 is 20.2 Å². The lowest BCUT2D eigenvalue weighted by atomic mass is 10.2. The Labute approximate surface area is 114 Å². The zero-order valence-electron chi connectivity index (χ0n) is 9.54. The van der Waals surface area contributed by atoms with Gasteiger partial charge in [0.05, 0.1) is 5.03 Å². The molecule has 0 bridgehead atoms. The molecule has 1 rings (SSSR count). The van der Waals surface area contributed by atoms with Crippen molar-refractivity contribution >= 4 is 29.0 Å². The van der Waals surface area contributed by atoms with Crippen LogP contribution in [0, 0.1) is 15.5 Å². The summed E-state index contributed by atoms with van der Waals surface area (Å²) in [4.78, 5) is 9.47. The van der Waals surface area contributed by atoms with Crippen molar-refractivity contribution in [2.24, 2.45) is 0 Å². The van der Waals surface area contributed by atoms with E-state index < -0.39 is 15.8 Å². The summed E-state index contributed by atoms with van der Waals surface area (Å²) in [6.07, 6.45) is 2.59. The van der Waals surface area contributed by atoms with E-state index in [1.807, 2.05) is 0 Å². The number of allylic oxidation sites excluding steroid dienone is 1. The minimum Gasteiger partial charge on any atom is -0.359 e. The Kier molecular flexibility index (Phi) is 5.58. The Bertz CT molecular complexity index is 403. The van der Waals surface area contributed by atoms with Crippen LogP contribution >= 0.6 is 23.2 Å². The lowest BCUT2D eigenvalue weighted by Gasteiger charge is -2.25. The van der Waals surface area contributed by atoms with Crippen molar-refractivity contribution in [3.8, 4) is 0 Å². The predicted molar refractivity (Wildman–Crippen MR) is 69.3 cm³/mol. The molecule has 0 aromatic heterocycles. The monoisotopic (exact) mass is 293 g/mol. The van der Waals surface area contributed by atoms with Gasteiger partial charge in [0.15, 0.2) is 5.03 Å². The van der Waals surface area contributed by atoms with E-state index in [4.69, 9.17) is 33.3 Å². The standard InChI is InChI=1S/C10H13Cl2N3O3/c1-6(14-7-4-2-3-5-18-7)8(11)9(12)10(13)15(16)17/h7,13-14H,1-5H2/b9-8-,13-10?. The molecule has 8 heteroatoms. The van der Waals surface area contributed by atoms with Crippen LogP contribution in [0.15, 0.2) is 22.3 Å². The lowest BCUT2D eigenvalue weighted by Crippen LogP contribution is -2.34. The molecule has 18 heavy (non-hydrogen) atoms. The molecule has 1 atom stereocenters. The molecular formula is C10H13Cl2N3O3. The fourth-order valence-corrected chi connectivity index (χ4v) is 1.76. The van der Waals surface area contributed by atoms with E-state index in [1.165, 1.54) is 0 Å². The van der Waals surface area contributed by atoms with Gasteiger partial charge in [-0.25, -0.2) is 0 Å². The minimum absolute atomic E-state index is 0.146. The number of ether oxygens (including phenoxy) is 1.